The average molecular weight is 233 g/mol. The first-order valence-electron chi connectivity index (χ1n) is 6.07. The van der Waals surface area contributed by atoms with Gasteiger partial charge in [-0.25, -0.2) is 0 Å². The average Bonchev–Trinajstić information content (AvgIpc) is 2.34. The number of aryl methyl sites for hydroxylation is 1. The van der Waals surface area contributed by atoms with E-state index >= 15 is 0 Å². The Morgan fingerprint density at radius 3 is 2.12 bits per heavy atom. The molecule has 0 saturated carbocycles. The van der Waals surface area contributed by atoms with Crippen molar-refractivity contribution in [2.45, 2.75) is 34.6 Å². The fourth-order valence-corrected chi connectivity index (χ4v) is 1.62. The van der Waals surface area contributed by atoms with Crippen LogP contribution in [0.25, 0.3) is 12.2 Å². The molecule has 1 aromatic rings. The molecule has 0 bridgehead atoms. The molecule has 17 heavy (non-hydrogen) atoms. The number of pyridine rings is 1. The third kappa shape index (κ3) is 3.74. The van der Waals surface area contributed by atoms with Crippen LogP contribution in [0, 0.1) is 6.92 Å². The van der Waals surface area contributed by atoms with Gasteiger partial charge in [0, 0.05) is 12.6 Å². The van der Waals surface area contributed by atoms with Gasteiger partial charge in [0.1, 0.15) is 0 Å². The summed E-state index contributed by atoms with van der Waals surface area (Å²) < 4.78 is 1.69. The van der Waals surface area contributed by atoms with Crippen LogP contribution in [0.3, 0.4) is 0 Å². The van der Waals surface area contributed by atoms with Crippen LogP contribution in [0.15, 0.2) is 23.0 Å². The second-order valence-corrected chi connectivity index (χ2v) is 3.53. The molecule has 0 aliphatic heterocycles. The zero-order valence-electron chi connectivity index (χ0n) is 11.7. The van der Waals surface area contributed by atoms with Crippen molar-refractivity contribution in [2.24, 2.45) is 7.05 Å². The van der Waals surface area contributed by atoms with E-state index in [-0.39, 0.29) is 5.56 Å². The molecule has 0 spiro atoms. The van der Waals surface area contributed by atoms with Crippen molar-refractivity contribution in [1.82, 2.24) is 4.57 Å². The van der Waals surface area contributed by atoms with Crippen LogP contribution < -0.4 is 5.56 Å². The zero-order chi connectivity index (χ0) is 13.4. The Kier molecular flexibility index (Phi) is 6.95. The smallest absolute Gasteiger partial charge is 0.253 e. The standard InChI is InChI=1S/C13H17NO.C2H6/c1-5-7-11-9-10(3)13(15)14(4)12(11)8-6-2;1-2/h5-9H,1-4H3;1-2H3/b7-5-,8-6-;. The van der Waals surface area contributed by atoms with E-state index in [1.54, 1.807) is 11.6 Å². The molecule has 0 fully saturated rings. The SMILES string of the molecule is C/C=C\c1cc(C)c(=O)n(C)c1/C=C\C.CC. The van der Waals surface area contributed by atoms with Gasteiger partial charge in [-0.1, -0.05) is 32.1 Å². The Hall–Kier alpha value is -1.57. The van der Waals surface area contributed by atoms with E-state index in [2.05, 4.69) is 0 Å². The predicted molar refractivity (Wildman–Crippen MR) is 77.2 cm³/mol. The lowest BCUT2D eigenvalue weighted by atomic mass is 10.1. The monoisotopic (exact) mass is 233 g/mol. The third-order valence-electron chi connectivity index (χ3n) is 2.34. The van der Waals surface area contributed by atoms with Crippen molar-refractivity contribution in [2.75, 3.05) is 0 Å². The Bertz CT molecular complexity index is 465. The maximum Gasteiger partial charge on any atom is 0.253 e. The summed E-state index contributed by atoms with van der Waals surface area (Å²) in [5, 5.41) is 0. The largest absolute Gasteiger partial charge is 0.311 e. The molecule has 2 heteroatoms. The third-order valence-corrected chi connectivity index (χ3v) is 2.34. The highest BCUT2D eigenvalue weighted by atomic mass is 16.1. The first-order chi connectivity index (χ1) is 8.11. The van der Waals surface area contributed by atoms with E-state index in [0.717, 1.165) is 16.8 Å². The minimum Gasteiger partial charge on any atom is -0.311 e. The van der Waals surface area contributed by atoms with Gasteiger partial charge in [0.25, 0.3) is 5.56 Å². The maximum atomic E-state index is 11.7. The summed E-state index contributed by atoms with van der Waals surface area (Å²) >= 11 is 0. The molecular weight excluding hydrogens is 210 g/mol. The molecule has 1 aromatic heterocycles. The topological polar surface area (TPSA) is 22.0 Å². The molecule has 0 atom stereocenters. The summed E-state index contributed by atoms with van der Waals surface area (Å²) in [5.41, 5.74) is 2.87. The van der Waals surface area contributed by atoms with Gasteiger partial charge in [0.2, 0.25) is 0 Å². The fourth-order valence-electron chi connectivity index (χ4n) is 1.62. The van der Waals surface area contributed by atoms with Gasteiger partial charge in [0.05, 0.1) is 5.69 Å². The normalized spacial score (nSPS) is 10.7. The molecular formula is C15H23NO. The van der Waals surface area contributed by atoms with Crippen LogP contribution in [0.4, 0.5) is 0 Å². The van der Waals surface area contributed by atoms with E-state index in [1.807, 2.05) is 65.0 Å². The minimum atomic E-state index is 0.0661. The van der Waals surface area contributed by atoms with Crippen LogP contribution in [-0.4, -0.2) is 4.57 Å². The Morgan fingerprint density at radius 1 is 1.12 bits per heavy atom. The van der Waals surface area contributed by atoms with Gasteiger partial charge in [0.15, 0.2) is 0 Å². The highest BCUT2D eigenvalue weighted by Gasteiger charge is 2.04. The van der Waals surface area contributed by atoms with E-state index in [1.165, 1.54) is 0 Å². The summed E-state index contributed by atoms with van der Waals surface area (Å²) in [6.07, 6.45) is 7.89. The number of hydrogen-bond acceptors (Lipinski definition) is 1. The molecule has 0 unspecified atom stereocenters. The minimum absolute atomic E-state index is 0.0661. The number of rotatable bonds is 2. The fraction of sp³-hybridized carbons (Fsp3) is 0.400. The summed E-state index contributed by atoms with van der Waals surface area (Å²) in [7, 11) is 1.80. The van der Waals surface area contributed by atoms with Crippen LogP contribution >= 0.6 is 0 Å². The number of aromatic nitrogens is 1. The Morgan fingerprint density at radius 2 is 1.65 bits per heavy atom. The van der Waals surface area contributed by atoms with Crippen molar-refractivity contribution in [1.29, 1.82) is 0 Å². The van der Waals surface area contributed by atoms with Crippen molar-refractivity contribution < 1.29 is 0 Å². The van der Waals surface area contributed by atoms with Crippen LogP contribution in [0.2, 0.25) is 0 Å². The molecule has 94 valence electrons. The summed E-state index contributed by atoms with van der Waals surface area (Å²) in [5.74, 6) is 0. The molecule has 0 aliphatic rings. The van der Waals surface area contributed by atoms with Gasteiger partial charge < -0.3 is 4.57 Å². The maximum absolute atomic E-state index is 11.7. The van der Waals surface area contributed by atoms with Gasteiger partial charge in [-0.15, -0.1) is 0 Å². The Labute approximate surface area is 104 Å². The van der Waals surface area contributed by atoms with E-state index < -0.39 is 0 Å². The van der Waals surface area contributed by atoms with Crippen molar-refractivity contribution in [3.8, 4) is 0 Å². The van der Waals surface area contributed by atoms with Gasteiger partial charge >= 0.3 is 0 Å². The van der Waals surface area contributed by atoms with Crippen LogP contribution in [0.5, 0.6) is 0 Å². The molecule has 0 N–H and O–H groups in total. The first kappa shape index (κ1) is 15.4. The molecule has 0 amide bonds. The predicted octanol–water partition coefficient (Wildman–Crippen LogP) is 3.79. The lowest BCUT2D eigenvalue weighted by molar-refractivity contribution is 0.834. The van der Waals surface area contributed by atoms with Gasteiger partial charge in [-0.05, 0) is 38.5 Å². The number of hydrogen-bond donors (Lipinski definition) is 0. The van der Waals surface area contributed by atoms with Crippen molar-refractivity contribution >= 4 is 12.2 Å². The molecule has 2 nitrogen and oxygen atoms in total. The highest BCUT2D eigenvalue weighted by Crippen LogP contribution is 2.12. The van der Waals surface area contributed by atoms with Crippen LogP contribution in [-0.2, 0) is 7.05 Å². The highest BCUT2D eigenvalue weighted by molar-refractivity contribution is 5.63. The van der Waals surface area contributed by atoms with E-state index in [4.69, 9.17) is 0 Å². The second-order valence-electron chi connectivity index (χ2n) is 3.53. The van der Waals surface area contributed by atoms with Crippen molar-refractivity contribution in [3.05, 3.63) is 45.4 Å². The summed E-state index contributed by atoms with van der Waals surface area (Å²) in [6.45, 7) is 9.76. The van der Waals surface area contributed by atoms with Crippen LogP contribution in [0.1, 0.15) is 44.5 Å². The lowest BCUT2D eigenvalue weighted by Gasteiger charge is -2.09. The molecule has 1 rings (SSSR count). The molecule has 0 radical (unpaired) electrons. The number of allylic oxidation sites excluding steroid dienone is 2. The van der Waals surface area contributed by atoms with E-state index in [0.29, 0.717) is 0 Å². The molecule has 0 saturated heterocycles. The summed E-state index contributed by atoms with van der Waals surface area (Å²) in [4.78, 5) is 11.7. The quantitative estimate of drug-likeness (QED) is 0.761. The number of nitrogens with zero attached hydrogens (tertiary/aromatic N) is 1. The lowest BCUT2D eigenvalue weighted by Crippen LogP contribution is -2.21. The molecule has 0 aromatic carbocycles. The molecule has 1 heterocycles. The van der Waals surface area contributed by atoms with Gasteiger partial charge in [-0.2, -0.15) is 0 Å². The molecule has 0 aliphatic carbocycles. The van der Waals surface area contributed by atoms with Gasteiger partial charge in [-0.3, -0.25) is 4.79 Å². The first-order valence-corrected chi connectivity index (χ1v) is 6.07. The Balaban J connectivity index is 0.00000121. The van der Waals surface area contributed by atoms with E-state index in [9.17, 15) is 4.79 Å². The zero-order valence-corrected chi connectivity index (χ0v) is 11.7. The van der Waals surface area contributed by atoms with Crippen molar-refractivity contribution in [3.63, 3.8) is 0 Å². The second kappa shape index (κ2) is 7.66. The summed E-state index contributed by atoms with van der Waals surface area (Å²) in [6, 6.07) is 1.93.